The summed E-state index contributed by atoms with van der Waals surface area (Å²) in [5.74, 6) is 0. The molecule has 0 spiro atoms. The van der Waals surface area contributed by atoms with Crippen molar-refractivity contribution < 1.29 is 0 Å². The average Bonchev–Trinajstić information content (AvgIpc) is 2.24. The summed E-state index contributed by atoms with van der Waals surface area (Å²) < 4.78 is 0. The monoisotopic (exact) mass is 204 g/mol. The molecule has 82 valence electrons. The van der Waals surface area contributed by atoms with E-state index in [-0.39, 0.29) is 0 Å². The molecule has 0 radical (unpaired) electrons. The van der Waals surface area contributed by atoms with Crippen LogP contribution in [0.3, 0.4) is 0 Å². The number of hydrogen-bond donors (Lipinski definition) is 1. The molecule has 1 aromatic rings. The highest BCUT2D eigenvalue weighted by atomic mass is 14.9. The van der Waals surface area contributed by atoms with E-state index < -0.39 is 0 Å². The Morgan fingerprint density at radius 3 is 2.87 bits per heavy atom. The topological polar surface area (TPSA) is 24.9 Å². The van der Waals surface area contributed by atoms with Crippen molar-refractivity contribution in [3.05, 3.63) is 30.1 Å². The molecule has 1 aliphatic carbocycles. The van der Waals surface area contributed by atoms with E-state index in [9.17, 15) is 0 Å². The van der Waals surface area contributed by atoms with E-state index in [0.29, 0.717) is 5.41 Å². The molecule has 2 nitrogen and oxygen atoms in total. The lowest BCUT2D eigenvalue weighted by atomic mass is 9.67. The first-order valence-electron chi connectivity index (χ1n) is 5.94. The molecule has 1 aromatic heterocycles. The minimum absolute atomic E-state index is 0.613. The Bertz CT molecular complexity index is 285. The zero-order chi connectivity index (χ0) is 10.6. The summed E-state index contributed by atoms with van der Waals surface area (Å²) >= 11 is 0. The van der Waals surface area contributed by atoms with Crippen LogP contribution in [0.1, 0.15) is 38.2 Å². The molecule has 1 saturated carbocycles. The van der Waals surface area contributed by atoms with Crippen molar-refractivity contribution in [3.63, 3.8) is 0 Å². The largest absolute Gasteiger partial charge is 0.312 e. The van der Waals surface area contributed by atoms with Gasteiger partial charge in [0.1, 0.15) is 0 Å². The molecule has 1 fully saturated rings. The van der Waals surface area contributed by atoms with Crippen molar-refractivity contribution in [2.75, 3.05) is 6.54 Å². The van der Waals surface area contributed by atoms with E-state index in [1.165, 1.54) is 37.8 Å². The predicted molar refractivity (Wildman–Crippen MR) is 62.5 cm³/mol. The molecule has 0 unspecified atom stereocenters. The van der Waals surface area contributed by atoms with Gasteiger partial charge in [-0.2, -0.15) is 0 Å². The molecule has 0 saturated heterocycles. The van der Waals surface area contributed by atoms with Gasteiger partial charge in [0.25, 0.3) is 0 Å². The minimum Gasteiger partial charge on any atom is -0.312 e. The van der Waals surface area contributed by atoms with Crippen LogP contribution in [0.15, 0.2) is 24.5 Å². The molecule has 2 rings (SSSR count). The highest BCUT2D eigenvalue weighted by Gasteiger charge is 2.34. The molecule has 1 aliphatic rings. The van der Waals surface area contributed by atoms with E-state index in [1.54, 1.807) is 0 Å². The van der Waals surface area contributed by atoms with Crippen LogP contribution in [0.25, 0.3) is 0 Å². The SMILES string of the molecule is CCC1(CNCc2cccnc2)CCC1. The lowest BCUT2D eigenvalue weighted by Crippen LogP contribution is -2.39. The lowest BCUT2D eigenvalue weighted by molar-refractivity contribution is 0.124. The fourth-order valence-electron chi connectivity index (χ4n) is 2.31. The Morgan fingerprint density at radius 1 is 1.47 bits per heavy atom. The van der Waals surface area contributed by atoms with Crippen LogP contribution in [0.2, 0.25) is 0 Å². The number of aromatic nitrogens is 1. The first-order valence-corrected chi connectivity index (χ1v) is 5.94. The van der Waals surface area contributed by atoms with Gasteiger partial charge in [-0.05, 0) is 36.3 Å². The highest BCUT2D eigenvalue weighted by Crippen LogP contribution is 2.43. The summed E-state index contributed by atoms with van der Waals surface area (Å²) in [6.07, 6.45) is 9.30. The summed E-state index contributed by atoms with van der Waals surface area (Å²) in [5.41, 5.74) is 1.89. The summed E-state index contributed by atoms with van der Waals surface area (Å²) in [6.45, 7) is 4.43. The molecule has 15 heavy (non-hydrogen) atoms. The van der Waals surface area contributed by atoms with Gasteiger partial charge in [0.15, 0.2) is 0 Å². The number of hydrogen-bond acceptors (Lipinski definition) is 2. The van der Waals surface area contributed by atoms with Crippen LogP contribution >= 0.6 is 0 Å². The van der Waals surface area contributed by atoms with Gasteiger partial charge in [0.05, 0.1) is 0 Å². The van der Waals surface area contributed by atoms with Gasteiger partial charge in [0.2, 0.25) is 0 Å². The Hall–Kier alpha value is -0.890. The molecule has 1 heterocycles. The first kappa shape index (κ1) is 10.6. The maximum absolute atomic E-state index is 4.11. The van der Waals surface area contributed by atoms with E-state index in [0.717, 1.165) is 6.54 Å². The molecule has 2 heteroatoms. The summed E-state index contributed by atoms with van der Waals surface area (Å²) in [7, 11) is 0. The Labute approximate surface area is 92.1 Å². The normalized spacial score (nSPS) is 18.5. The first-order chi connectivity index (χ1) is 7.35. The molecular formula is C13H20N2. The van der Waals surface area contributed by atoms with Gasteiger partial charge in [-0.25, -0.2) is 0 Å². The van der Waals surface area contributed by atoms with Crippen LogP contribution < -0.4 is 5.32 Å². The molecule has 0 bridgehead atoms. The number of pyridine rings is 1. The fourth-order valence-corrected chi connectivity index (χ4v) is 2.31. The van der Waals surface area contributed by atoms with Crippen molar-refractivity contribution in [2.24, 2.45) is 5.41 Å². The molecular weight excluding hydrogens is 184 g/mol. The van der Waals surface area contributed by atoms with Crippen LogP contribution in [-0.2, 0) is 6.54 Å². The number of rotatable bonds is 5. The fraction of sp³-hybridized carbons (Fsp3) is 0.615. The predicted octanol–water partition coefficient (Wildman–Crippen LogP) is 2.75. The molecule has 1 N–H and O–H groups in total. The molecule has 0 aliphatic heterocycles. The van der Waals surface area contributed by atoms with Gasteiger partial charge in [0, 0.05) is 25.5 Å². The van der Waals surface area contributed by atoms with E-state index in [1.807, 2.05) is 18.5 Å². The van der Waals surface area contributed by atoms with E-state index in [2.05, 4.69) is 23.3 Å². The second kappa shape index (κ2) is 4.75. The molecule has 0 amide bonds. The second-order valence-corrected chi connectivity index (χ2v) is 4.67. The van der Waals surface area contributed by atoms with Crippen LogP contribution in [-0.4, -0.2) is 11.5 Å². The zero-order valence-corrected chi connectivity index (χ0v) is 9.50. The summed E-state index contributed by atoms with van der Waals surface area (Å²) in [4.78, 5) is 4.11. The molecule has 0 atom stereocenters. The maximum Gasteiger partial charge on any atom is 0.0312 e. The third-order valence-electron chi connectivity index (χ3n) is 3.72. The smallest absolute Gasteiger partial charge is 0.0312 e. The Balaban J connectivity index is 1.75. The van der Waals surface area contributed by atoms with Crippen LogP contribution in [0.4, 0.5) is 0 Å². The highest BCUT2D eigenvalue weighted by molar-refractivity contribution is 5.08. The van der Waals surface area contributed by atoms with Gasteiger partial charge in [-0.1, -0.05) is 19.4 Å². The van der Waals surface area contributed by atoms with Crippen molar-refractivity contribution >= 4 is 0 Å². The van der Waals surface area contributed by atoms with Crippen molar-refractivity contribution in [1.82, 2.24) is 10.3 Å². The molecule has 0 aromatic carbocycles. The zero-order valence-electron chi connectivity index (χ0n) is 9.50. The van der Waals surface area contributed by atoms with E-state index in [4.69, 9.17) is 0 Å². The van der Waals surface area contributed by atoms with Crippen molar-refractivity contribution in [1.29, 1.82) is 0 Å². The second-order valence-electron chi connectivity index (χ2n) is 4.67. The average molecular weight is 204 g/mol. The van der Waals surface area contributed by atoms with E-state index >= 15 is 0 Å². The third-order valence-corrected chi connectivity index (χ3v) is 3.72. The summed E-state index contributed by atoms with van der Waals surface area (Å²) in [5, 5.41) is 3.56. The van der Waals surface area contributed by atoms with Crippen LogP contribution in [0.5, 0.6) is 0 Å². The van der Waals surface area contributed by atoms with Gasteiger partial charge in [-0.3, -0.25) is 4.98 Å². The Kier molecular flexibility index (Phi) is 3.37. The van der Waals surface area contributed by atoms with Gasteiger partial charge >= 0.3 is 0 Å². The van der Waals surface area contributed by atoms with Crippen molar-refractivity contribution in [2.45, 2.75) is 39.2 Å². The Morgan fingerprint density at radius 2 is 2.33 bits per heavy atom. The van der Waals surface area contributed by atoms with Crippen LogP contribution in [0, 0.1) is 5.41 Å². The maximum atomic E-state index is 4.11. The standard InChI is InChI=1S/C13H20N2/c1-2-13(6-4-7-13)11-15-10-12-5-3-8-14-9-12/h3,5,8-9,15H,2,4,6-7,10-11H2,1H3. The lowest BCUT2D eigenvalue weighted by Gasteiger charge is -2.41. The number of nitrogens with zero attached hydrogens (tertiary/aromatic N) is 1. The summed E-state index contributed by atoms with van der Waals surface area (Å²) in [6, 6.07) is 4.12. The minimum atomic E-state index is 0.613. The number of nitrogens with one attached hydrogen (secondary N) is 1. The van der Waals surface area contributed by atoms with Crippen molar-refractivity contribution in [3.8, 4) is 0 Å². The third kappa shape index (κ3) is 2.57. The quantitative estimate of drug-likeness (QED) is 0.797. The van der Waals surface area contributed by atoms with Gasteiger partial charge < -0.3 is 5.32 Å². The van der Waals surface area contributed by atoms with Gasteiger partial charge in [-0.15, -0.1) is 0 Å².